The molecule has 2 aromatic rings. The Kier molecular flexibility index (Phi) is 6.66. The normalized spacial score (nSPS) is 16.3. The molecule has 2 heterocycles. The summed E-state index contributed by atoms with van der Waals surface area (Å²) in [6.45, 7) is 1.72. The third-order valence-corrected chi connectivity index (χ3v) is 5.06. The number of para-hydroxylation sites is 1. The Morgan fingerprint density at radius 2 is 2.03 bits per heavy atom. The van der Waals surface area contributed by atoms with Gasteiger partial charge in [-0.3, -0.25) is 14.4 Å². The summed E-state index contributed by atoms with van der Waals surface area (Å²) in [6, 6.07) is 10.2. The number of furan rings is 1. The third-order valence-electron chi connectivity index (χ3n) is 5.06. The summed E-state index contributed by atoms with van der Waals surface area (Å²) < 4.78 is 5.19. The third kappa shape index (κ3) is 4.65. The first-order chi connectivity index (χ1) is 14.0. The number of benzene rings is 1. The smallest absolute Gasteiger partial charge is 0.293 e. The Bertz CT molecular complexity index is 865. The zero-order valence-electron chi connectivity index (χ0n) is 16.5. The fourth-order valence-corrected chi connectivity index (χ4v) is 3.51. The zero-order valence-corrected chi connectivity index (χ0v) is 16.5. The van der Waals surface area contributed by atoms with Crippen LogP contribution >= 0.6 is 0 Å². The second-order valence-electron chi connectivity index (χ2n) is 7.03. The first-order valence-electron chi connectivity index (χ1n) is 9.70. The standard InChI is InChI=1S/C21H26N4O4/c1-24(21(28)18-9-5-13-29-18)17-8-3-2-7-16(17)20(27)25-12-4-6-15(14-25)19(26)23-11-10-22/h2-3,5,7-9,13,15H,4,6,10-12,14,22H2,1H3,(H,23,26). The van der Waals surface area contributed by atoms with E-state index in [1.807, 2.05) is 0 Å². The Morgan fingerprint density at radius 3 is 2.76 bits per heavy atom. The number of hydrogen-bond acceptors (Lipinski definition) is 5. The van der Waals surface area contributed by atoms with Crippen molar-refractivity contribution in [1.82, 2.24) is 10.2 Å². The first kappa shape index (κ1) is 20.6. The predicted molar refractivity (Wildman–Crippen MR) is 109 cm³/mol. The average molecular weight is 398 g/mol. The average Bonchev–Trinajstić information content (AvgIpc) is 3.31. The lowest BCUT2D eigenvalue weighted by Gasteiger charge is -2.33. The van der Waals surface area contributed by atoms with E-state index in [4.69, 9.17) is 10.2 Å². The van der Waals surface area contributed by atoms with Crippen molar-refractivity contribution in [3.8, 4) is 0 Å². The molecule has 3 amide bonds. The van der Waals surface area contributed by atoms with Gasteiger partial charge in [-0.1, -0.05) is 12.1 Å². The molecular formula is C21H26N4O4. The first-order valence-corrected chi connectivity index (χ1v) is 9.70. The van der Waals surface area contributed by atoms with Crippen LogP contribution in [-0.4, -0.2) is 55.8 Å². The number of anilines is 1. The Morgan fingerprint density at radius 1 is 1.24 bits per heavy atom. The molecule has 1 aliphatic heterocycles. The highest BCUT2D eigenvalue weighted by atomic mass is 16.3. The second kappa shape index (κ2) is 9.38. The van der Waals surface area contributed by atoms with Crippen molar-refractivity contribution < 1.29 is 18.8 Å². The van der Waals surface area contributed by atoms with Gasteiger partial charge in [-0.05, 0) is 37.1 Å². The van der Waals surface area contributed by atoms with Crippen molar-refractivity contribution >= 4 is 23.4 Å². The molecule has 29 heavy (non-hydrogen) atoms. The predicted octanol–water partition coefficient (Wildman–Crippen LogP) is 1.48. The van der Waals surface area contributed by atoms with Crippen LogP contribution in [0.2, 0.25) is 0 Å². The molecule has 1 atom stereocenters. The number of hydrogen-bond donors (Lipinski definition) is 2. The molecular weight excluding hydrogens is 372 g/mol. The molecule has 1 aromatic carbocycles. The summed E-state index contributed by atoms with van der Waals surface area (Å²) >= 11 is 0. The molecule has 8 nitrogen and oxygen atoms in total. The summed E-state index contributed by atoms with van der Waals surface area (Å²) in [7, 11) is 1.61. The van der Waals surface area contributed by atoms with E-state index in [0.717, 1.165) is 12.8 Å². The van der Waals surface area contributed by atoms with E-state index in [0.29, 0.717) is 37.4 Å². The Hall–Kier alpha value is -3.13. The topological polar surface area (TPSA) is 109 Å². The fraction of sp³-hybridized carbons (Fsp3) is 0.381. The van der Waals surface area contributed by atoms with Crippen molar-refractivity contribution in [2.75, 3.05) is 38.1 Å². The van der Waals surface area contributed by atoms with Crippen molar-refractivity contribution in [1.29, 1.82) is 0 Å². The van der Waals surface area contributed by atoms with Gasteiger partial charge in [-0.2, -0.15) is 0 Å². The molecule has 1 unspecified atom stereocenters. The lowest BCUT2D eigenvalue weighted by molar-refractivity contribution is -0.126. The quantitative estimate of drug-likeness (QED) is 0.766. The number of carbonyl (C=O) groups excluding carboxylic acids is 3. The van der Waals surface area contributed by atoms with Gasteiger partial charge in [0, 0.05) is 33.2 Å². The van der Waals surface area contributed by atoms with E-state index in [1.165, 1.54) is 11.2 Å². The minimum Gasteiger partial charge on any atom is -0.459 e. The molecule has 0 saturated carbocycles. The van der Waals surface area contributed by atoms with Gasteiger partial charge in [-0.25, -0.2) is 0 Å². The molecule has 0 aliphatic carbocycles. The summed E-state index contributed by atoms with van der Waals surface area (Å²) in [5, 5.41) is 2.80. The van der Waals surface area contributed by atoms with Crippen LogP contribution in [0.3, 0.4) is 0 Å². The molecule has 1 aliphatic rings. The van der Waals surface area contributed by atoms with Crippen LogP contribution in [0, 0.1) is 5.92 Å². The maximum Gasteiger partial charge on any atom is 0.293 e. The number of nitrogens with one attached hydrogen (secondary N) is 1. The van der Waals surface area contributed by atoms with Gasteiger partial charge in [-0.15, -0.1) is 0 Å². The van der Waals surface area contributed by atoms with Crippen LogP contribution in [-0.2, 0) is 4.79 Å². The number of carbonyl (C=O) groups is 3. The van der Waals surface area contributed by atoms with Gasteiger partial charge in [0.15, 0.2) is 5.76 Å². The number of amides is 3. The van der Waals surface area contributed by atoms with E-state index in [9.17, 15) is 14.4 Å². The molecule has 1 aromatic heterocycles. The van der Waals surface area contributed by atoms with Gasteiger partial charge in [0.25, 0.3) is 11.8 Å². The van der Waals surface area contributed by atoms with Crippen molar-refractivity contribution in [2.24, 2.45) is 11.7 Å². The number of likely N-dealkylation sites (tertiary alicyclic amines) is 1. The van der Waals surface area contributed by atoms with Gasteiger partial charge in [0.1, 0.15) is 0 Å². The van der Waals surface area contributed by atoms with Crippen molar-refractivity contribution in [2.45, 2.75) is 12.8 Å². The molecule has 1 saturated heterocycles. The van der Waals surface area contributed by atoms with Gasteiger partial charge >= 0.3 is 0 Å². The number of nitrogens with two attached hydrogens (primary N) is 1. The maximum atomic E-state index is 13.2. The number of nitrogens with zero attached hydrogens (tertiary/aromatic N) is 2. The minimum absolute atomic E-state index is 0.0775. The lowest BCUT2D eigenvalue weighted by Crippen LogP contribution is -2.46. The van der Waals surface area contributed by atoms with Gasteiger partial charge < -0.3 is 25.3 Å². The molecule has 0 bridgehead atoms. The van der Waals surface area contributed by atoms with E-state index < -0.39 is 0 Å². The SMILES string of the molecule is CN(C(=O)c1ccco1)c1ccccc1C(=O)N1CCCC(C(=O)NCCN)C1. The molecule has 3 rings (SSSR count). The molecule has 0 spiro atoms. The number of piperidine rings is 1. The lowest BCUT2D eigenvalue weighted by atomic mass is 9.96. The van der Waals surface area contributed by atoms with Crippen LogP contribution in [0.15, 0.2) is 47.1 Å². The van der Waals surface area contributed by atoms with Crippen molar-refractivity contribution in [3.63, 3.8) is 0 Å². The highest BCUT2D eigenvalue weighted by Gasteiger charge is 2.30. The number of rotatable bonds is 6. The maximum absolute atomic E-state index is 13.2. The minimum atomic E-state index is -0.340. The van der Waals surface area contributed by atoms with Crippen LogP contribution in [0.1, 0.15) is 33.8 Å². The summed E-state index contributed by atoms with van der Waals surface area (Å²) in [5.41, 5.74) is 6.35. The van der Waals surface area contributed by atoms with E-state index in [2.05, 4.69) is 5.32 Å². The van der Waals surface area contributed by atoms with Crippen LogP contribution < -0.4 is 16.0 Å². The summed E-state index contributed by atoms with van der Waals surface area (Å²) in [4.78, 5) is 41.2. The Labute approximate surface area is 169 Å². The molecule has 154 valence electrons. The molecule has 3 N–H and O–H groups in total. The van der Waals surface area contributed by atoms with E-state index in [-0.39, 0.29) is 29.4 Å². The monoisotopic (exact) mass is 398 g/mol. The molecule has 1 fully saturated rings. The van der Waals surface area contributed by atoms with Crippen LogP contribution in [0.5, 0.6) is 0 Å². The highest BCUT2D eigenvalue weighted by Crippen LogP contribution is 2.25. The summed E-state index contributed by atoms with van der Waals surface area (Å²) in [6.07, 6.45) is 2.91. The molecule has 8 heteroatoms. The zero-order chi connectivity index (χ0) is 20.8. The highest BCUT2D eigenvalue weighted by molar-refractivity contribution is 6.09. The molecule has 0 radical (unpaired) electrons. The van der Waals surface area contributed by atoms with Crippen LogP contribution in [0.4, 0.5) is 5.69 Å². The van der Waals surface area contributed by atoms with Crippen molar-refractivity contribution in [3.05, 3.63) is 54.0 Å². The van der Waals surface area contributed by atoms with Crippen LogP contribution in [0.25, 0.3) is 0 Å². The fourth-order valence-electron chi connectivity index (χ4n) is 3.51. The largest absolute Gasteiger partial charge is 0.459 e. The van der Waals surface area contributed by atoms with Gasteiger partial charge in [0.2, 0.25) is 5.91 Å². The summed E-state index contributed by atoms with van der Waals surface area (Å²) in [5.74, 6) is -0.673. The Balaban J connectivity index is 1.77. The van der Waals surface area contributed by atoms with E-state index in [1.54, 1.807) is 48.3 Å². The van der Waals surface area contributed by atoms with Gasteiger partial charge in [0.05, 0.1) is 23.4 Å². The second-order valence-corrected chi connectivity index (χ2v) is 7.03. The van der Waals surface area contributed by atoms with E-state index >= 15 is 0 Å².